The zero-order chi connectivity index (χ0) is 26.9. The van der Waals surface area contributed by atoms with E-state index < -0.39 is 23.6 Å². The summed E-state index contributed by atoms with van der Waals surface area (Å²) < 4.78 is 16.1. The SMILES string of the molecule is Cc1noc(C#Cc2nc3sc(C4(C(=O)O)CCOCC4)nc3s2)c1NC(=O)OC(C)c1ccccc1Cl. The van der Waals surface area contributed by atoms with Gasteiger partial charge in [0.1, 0.15) is 27.9 Å². The van der Waals surface area contributed by atoms with Crippen LogP contribution in [0.25, 0.3) is 9.66 Å². The number of nitrogens with one attached hydrogen (secondary N) is 1. The Morgan fingerprint density at radius 1 is 1.18 bits per heavy atom. The Balaban J connectivity index is 1.32. The molecule has 2 N–H and O–H groups in total. The number of thiazole rings is 2. The minimum atomic E-state index is -1.05. The van der Waals surface area contributed by atoms with Gasteiger partial charge in [0, 0.05) is 23.8 Å². The second-order valence-electron chi connectivity index (χ2n) is 8.56. The van der Waals surface area contributed by atoms with Crippen LogP contribution in [0.3, 0.4) is 0 Å². The fourth-order valence-corrected chi connectivity index (χ4v) is 6.44. The summed E-state index contributed by atoms with van der Waals surface area (Å²) in [5.41, 5.74) is 0.345. The predicted molar refractivity (Wildman–Crippen MR) is 142 cm³/mol. The van der Waals surface area contributed by atoms with Crippen LogP contribution in [-0.4, -0.2) is 45.5 Å². The van der Waals surface area contributed by atoms with E-state index in [0.717, 1.165) is 0 Å². The first kappa shape index (κ1) is 26.1. The quantitative estimate of drug-likeness (QED) is 0.295. The number of nitrogens with zero attached hydrogens (tertiary/aromatic N) is 3. The summed E-state index contributed by atoms with van der Waals surface area (Å²) in [6.07, 6.45) is -0.550. The standard InChI is InChI=1S/C25H21ClN4O6S2/c1-13-19(28-24(33)35-14(2)15-5-3-4-6-16(15)26)17(36-30-13)7-8-18-27-20-21(37-18)29-22(38-20)25(23(31)32)9-11-34-12-10-25/h3-6,14H,9-12H2,1-2H3,(H,28,33)(H,31,32). The highest BCUT2D eigenvalue weighted by Crippen LogP contribution is 2.40. The largest absolute Gasteiger partial charge is 0.481 e. The van der Waals surface area contributed by atoms with Crippen LogP contribution in [0, 0.1) is 18.8 Å². The molecule has 5 rings (SSSR count). The predicted octanol–water partition coefficient (Wildman–Crippen LogP) is 5.54. The lowest BCUT2D eigenvalue weighted by atomic mass is 9.81. The van der Waals surface area contributed by atoms with Gasteiger partial charge < -0.3 is 19.1 Å². The van der Waals surface area contributed by atoms with Crippen molar-refractivity contribution in [2.45, 2.75) is 38.2 Å². The van der Waals surface area contributed by atoms with Crippen LogP contribution < -0.4 is 5.32 Å². The van der Waals surface area contributed by atoms with Gasteiger partial charge in [0.15, 0.2) is 14.7 Å². The molecule has 4 heterocycles. The molecule has 13 heteroatoms. The molecular weight excluding hydrogens is 552 g/mol. The van der Waals surface area contributed by atoms with Crippen LogP contribution in [0.5, 0.6) is 0 Å². The summed E-state index contributed by atoms with van der Waals surface area (Å²) in [6, 6.07) is 7.11. The molecule has 0 saturated carbocycles. The van der Waals surface area contributed by atoms with E-state index in [2.05, 4.69) is 32.3 Å². The number of carboxylic acids is 1. The molecule has 1 saturated heterocycles. The second kappa shape index (κ2) is 10.7. The summed E-state index contributed by atoms with van der Waals surface area (Å²) in [6.45, 7) is 4.14. The number of fused-ring (bicyclic) bond motifs is 1. The van der Waals surface area contributed by atoms with Crippen molar-refractivity contribution in [3.05, 3.63) is 56.3 Å². The topological polar surface area (TPSA) is 137 Å². The van der Waals surface area contributed by atoms with Gasteiger partial charge in [-0.05, 0) is 44.6 Å². The number of benzene rings is 1. The van der Waals surface area contributed by atoms with E-state index in [-0.39, 0.29) is 11.4 Å². The average molecular weight is 573 g/mol. The molecule has 1 fully saturated rings. The van der Waals surface area contributed by atoms with Crippen molar-refractivity contribution in [2.24, 2.45) is 0 Å². The van der Waals surface area contributed by atoms with Crippen LogP contribution in [-0.2, 0) is 19.7 Å². The molecule has 10 nitrogen and oxygen atoms in total. The Morgan fingerprint density at radius 3 is 2.63 bits per heavy atom. The number of carbonyl (C=O) groups is 2. The third-order valence-electron chi connectivity index (χ3n) is 6.14. The average Bonchev–Trinajstić information content (AvgIpc) is 3.57. The van der Waals surface area contributed by atoms with Crippen molar-refractivity contribution >= 4 is 61.7 Å². The molecule has 1 aliphatic rings. The van der Waals surface area contributed by atoms with Crippen molar-refractivity contribution in [1.29, 1.82) is 0 Å². The maximum Gasteiger partial charge on any atom is 0.412 e. The number of hydrogen-bond acceptors (Lipinski definition) is 10. The van der Waals surface area contributed by atoms with Crippen LogP contribution in [0.1, 0.15) is 52.9 Å². The minimum absolute atomic E-state index is 0.143. The van der Waals surface area contributed by atoms with Gasteiger partial charge in [-0.1, -0.05) is 57.6 Å². The van der Waals surface area contributed by atoms with Gasteiger partial charge in [-0.25, -0.2) is 14.8 Å². The zero-order valence-electron chi connectivity index (χ0n) is 20.2. The van der Waals surface area contributed by atoms with Gasteiger partial charge in [0.2, 0.25) is 5.76 Å². The molecular formula is C25H21ClN4O6S2. The number of amides is 1. The summed E-state index contributed by atoms with van der Waals surface area (Å²) in [7, 11) is 0. The van der Waals surface area contributed by atoms with Crippen LogP contribution in [0.15, 0.2) is 28.8 Å². The van der Waals surface area contributed by atoms with Gasteiger partial charge >= 0.3 is 12.1 Å². The molecule has 0 bridgehead atoms. The number of anilines is 1. The van der Waals surface area contributed by atoms with E-state index in [1.165, 1.54) is 22.7 Å². The number of aromatic nitrogens is 3. The van der Waals surface area contributed by atoms with E-state index in [4.69, 9.17) is 25.6 Å². The molecule has 38 heavy (non-hydrogen) atoms. The molecule has 1 atom stereocenters. The summed E-state index contributed by atoms with van der Waals surface area (Å²) in [4.78, 5) is 34.9. The minimum Gasteiger partial charge on any atom is -0.481 e. The van der Waals surface area contributed by atoms with Crippen molar-refractivity contribution in [3.8, 4) is 11.8 Å². The fraction of sp³-hybridized carbons (Fsp3) is 0.320. The second-order valence-corrected chi connectivity index (χ2v) is 10.9. The fourth-order valence-electron chi connectivity index (χ4n) is 4.01. The Morgan fingerprint density at radius 2 is 1.92 bits per heavy atom. The maximum atomic E-state index is 12.5. The van der Waals surface area contributed by atoms with Crippen molar-refractivity contribution in [3.63, 3.8) is 0 Å². The first-order valence-corrected chi connectivity index (χ1v) is 13.6. The van der Waals surface area contributed by atoms with E-state index in [1.54, 1.807) is 32.0 Å². The summed E-state index contributed by atoms with van der Waals surface area (Å²) in [5.74, 6) is 5.00. The molecule has 1 unspecified atom stereocenters. The van der Waals surface area contributed by atoms with E-state index >= 15 is 0 Å². The number of aryl methyl sites for hydroxylation is 1. The molecule has 3 aromatic heterocycles. The third-order valence-corrected chi connectivity index (χ3v) is 8.63. The van der Waals surface area contributed by atoms with Gasteiger partial charge in [-0.3, -0.25) is 10.1 Å². The number of rotatable bonds is 5. The highest BCUT2D eigenvalue weighted by molar-refractivity contribution is 7.26. The molecule has 1 aliphatic heterocycles. The van der Waals surface area contributed by atoms with Crippen LogP contribution >= 0.6 is 34.3 Å². The van der Waals surface area contributed by atoms with Gasteiger partial charge in [-0.2, -0.15) is 0 Å². The van der Waals surface area contributed by atoms with Crippen LogP contribution in [0.2, 0.25) is 5.02 Å². The number of carboxylic acid groups (broad SMARTS) is 1. The maximum absolute atomic E-state index is 12.5. The first-order valence-electron chi connectivity index (χ1n) is 11.6. The lowest BCUT2D eigenvalue weighted by molar-refractivity contribution is -0.147. The normalized spacial score (nSPS) is 15.4. The number of hydrogen-bond donors (Lipinski definition) is 2. The molecule has 0 spiro atoms. The Kier molecular flexibility index (Phi) is 7.36. The number of halogens is 1. The highest BCUT2D eigenvalue weighted by atomic mass is 35.5. The number of aliphatic carboxylic acids is 1. The lowest BCUT2D eigenvalue weighted by Crippen LogP contribution is -2.41. The Labute approximate surface area is 229 Å². The van der Waals surface area contributed by atoms with E-state index in [1.807, 2.05) is 6.07 Å². The number of carbonyl (C=O) groups excluding carboxylic acids is 1. The highest BCUT2D eigenvalue weighted by Gasteiger charge is 2.45. The molecule has 4 aromatic rings. The smallest absolute Gasteiger partial charge is 0.412 e. The van der Waals surface area contributed by atoms with Gasteiger partial charge in [0.05, 0.1) is 0 Å². The summed E-state index contributed by atoms with van der Waals surface area (Å²) in [5, 5.41) is 17.9. The van der Waals surface area contributed by atoms with Crippen molar-refractivity contribution in [2.75, 3.05) is 18.5 Å². The zero-order valence-corrected chi connectivity index (χ0v) is 22.6. The van der Waals surface area contributed by atoms with Gasteiger partial charge in [0.25, 0.3) is 0 Å². The molecule has 1 aromatic carbocycles. The molecule has 0 aliphatic carbocycles. The van der Waals surface area contributed by atoms with E-state index in [0.29, 0.717) is 62.0 Å². The third kappa shape index (κ3) is 5.10. The molecule has 0 radical (unpaired) electrons. The van der Waals surface area contributed by atoms with E-state index in [9.17, 15) is 14.7 Å². The first-order chi connectivity index (χ1) is 18.3. The number of ether oxygens (including phenoxy) is 2. The lowest BCUT2D eigenvalue weighted by Gasteiger charge is -2.30. The molecule has 1 amide bonds. The summed E-state index contributed by atoms with van der Waals surface area (Å²) >= 11 is 8.70. The van der Waals surface area contributed by atoms with Crippen molar-refractivity contribution in [1.82, 2.24) is 15.1 Å². The molecule has 196 valence electrons. The monoisotopic (exact) mass is 572 g/mol. The Hall–Kier alpha value is -3.50. The Bertz CT molecular complexity index is 1550. The van der Waals surface area contributed by atoms with Crippen molar-refractivity contribution < 1.29 is 28.7 Å². The van der Waals surface area contributed by atoms with Gasteiger partial charge in [-0.15, -0.1) is 0 Å². The van der Waals surface area contributed by atoms with Crippen LogP contribution in [0.4, 0.5) is 10.5 Å².